The molecule has 1 fully saturated rings. The summed E-state index contributed by atoms with van der Waals surface area (Å²) in [6.45, 7) is 4.48. The maximum atomic E-state index is 12.6. The number of aryl methyl sites for hydroxylation is 1. The number of amides is 2. The first kappa shape index (κ1) is 22.6. The van der Waals surface area contributed by atoms with Crippen molar-refractivity contribution in [3.63, 3.8) is 0 Å². The van der Waals surface area contributed by atoms with Crippen molar-refractivity contribution in [3.8, 4) is 11.5 Å². The molecule has 2 aromatic rings. The van der Waals surface area contributed by atoms with Crippen LogP contribution in [0.5, 0.6) is 11.5 Å². The van der Waals surface area contributed by atoms with Gasteiger partial charge in [0.15, 0.2) is 0 Å². The first-order chi connectivity index (χ1) is 15.0. The monoisotopic (exact) mass is 425 g/mol. The van der Waals surface area contributed by atoms with E-state index >= 15 is 0 Å². The van der Waals surface area contributed by atoms with Crippen LogP contribution in [0.4, 0.5) is 0 Å². The third-order valence-corrected chi connectivity index (χ3v) is 5.54. The third kappa shape index (κ3) is 6.21. The lowest BCUT2D eigenvalue weighted by Crippen LogP contribution is -2.56. The van der Waals surface area contributed by atoms with Crippen molar-refractivity contribution in [2.75, 3.05) is 33.9 Å². The van der Waals surface area contributed by atoms with Crippen molar-refractivity contribution < 1.29 is 19.1 Å². The van der Waals surface area contributed by atoms with Gasteiger partial charge in [-0.2, -0.15) is 0 Å². The fourth-order valence-electron chi connectivity index (χ4n) is 3.74. The normalized spacial score (nSPS) is 16.5. The largest absolute Gasteiger partial charge is 0.497 e. The third-order valence-electron chi connectivity index (χ3n) is 5.54. The van der Waals surface area contributed by atoms with E-state index < -0.39 is 6.04 Å². The summed E-state index contributed by atoms with van der Waals surface area (Å²) < 4.78 is 10.6. The summed E-state index contributed by atoms with van der Waals surface area (Å²) in [5.74, 6) is 1.22. The molecule has 2 N–H and O–H groups in total. The van der Waals surface area contributed by atoms with Crippen molar-refractivity contribution >= 4 is 11.8 Å². The molecule has 0 aromatic heterocycles. The highest BCUT2D eigenvalue weighted by atomic mass is 16.5. The van der Waals surface area contributed by atoms with Gasteiger partial charge >= 0.3 is 0 Å². The van der Waals surface area contributed by atoms with E-state index in [4.69, 9.17) is 9.47 Å². The molecule has 7 heteroatoms. The van der Waals surface area contributed by atoms with Gasteiger partial charge in [-0.3, -0.25) is 14.5 Å². The Bertz CT molecular complexity index is 898. The zero-order valence-corrected chi connectivity index (χ0v) is 18.4. The number of piperazine rings is 1. The molecule has 31 heavy (non-hydrogen) atoms. The fourth-order valence-corrected chi connectivity index (χ4v) is 3.74. The molecule has 0 aliphatic carbocycles. The Hall–Kier alpha value is -3.06. The van der Waals surface area contributed by atoms with Crippen molar-refractivity contribution in [2.45, 2.75) is 32.4 Å². The van der Waals surface area contributed by atoms with Gasteiger partial charge in [-0.1, -0.05) is 35.9 Å². The highest BCUT2D eigenvalue weighted by Gasteiger charge is 2.31. The number of hydrogen-bond acceptors (Lipinski definition) is 5. The summed E-state index contributed by atoms with van der Waals surface area (Å²) in [6.07, 6.45) is 0.764. The Morgan fingerprint density at radius 2 is 1.94 bits per heavy atom. The Morgan fingerprint density at radius 3 is 2.65 bits per heavy atom. The number of benzene rings is 2. The Kier molecular flexibility index (Phi) is 7.89. The number of rotatable bonds is 9. The van der Waals surface area contributed by atoms with Gasteiger partial charge in [0.05, 0.1) is 26.7 Å². The van der Waals surface area contributed by atoms with E-state index in [1.165, 1.54) is 5.56 Å². The lowest BCUT2D eigenvalue weighted by Gasteiger charge is -2.34. The van der Waals surface area contributed by atoms with Crippen molar-refractivity contribution in [2.24, 2.45) is 0 Å². The van der Waals surface area contributed by atoms with Crippen molar-refractivity contribution in [1.29, 1.82) is 0 Å². The first-order valence-corrected chi connectivity index (χ1v) is 10.5. The van der Waals surface area contributed by atoms with Gasteiger partial charge in [0.25, 0.3) is 0 Å². The molecule has 3 rings (SSSR count). The molecule has 1 atom stereocenters. The number of hydrogen-bond donors (Lipinski definition) is 2. The second-order valence-corrected chi connectivity index (χ2v) is 7.74. The maximum Gasteiger partial charge on any atom is 0.237 e. The van der Waals surface area contributed by atoms with Crippen LogP contribution in [0.1, 0.15) is 23.1 Å². The molecule has 0 spiro atoms. The lowest BCUT2D eigenvalue weighted by molar-refractivity contribution is -0.134. The minimum Gasteiger partial charge on any atom is -0.497 e. The first-order valence-electron chi connectivity index (χ1n) is 10.5. The number of ether oxygens (including phenoxy) is 2. The van der Waals surface area contributed by atoms with Crippen LogP contribution in [0.15, 0.2) is 42.5 Å². The SMILES string of the molecule is COc1ccc(CCNC(=O)CC2C(=O)NCCN2Cc2ccc(C)cc2)c(OC)c1. The number of nitrogens with zero attached hydrogens (tertiary/aromatic N) is 1. The van der Waals surface area contributed by atoms with Gasteiger partial charge in [0, 0.05) is 32.2 Å². The summed E-state index contributed by atoms with van der Waals surface area (Å²) in [7, 11) is 3.22. The lowest BCUT2D eigenvalue weighted by atomic mass is 10.1. The summed E-state index contributed by atoms with van der Waals surface area (Å²) in [5.41, 5.74) is 3.32. The van der Waals surface area contributed by atoms with Crippen molar-refractivity contribution in [3.05, 3.63) is 59.2 Å². The molecule has 1 aliphatic rings. The molecule has 0 bridgehead atoms. The van der Waals surface area contributed by atoms with Crippen LogP contribution >= 0.6 is 0 Å². The second kappa shape index (κ2) is 10.8. The van der Waals surface area contributed by atoms with Crippen LogP contribution in [0.25, 0.3) is 0 Å². The van der Waals surface area contributed by atoms with E-state index in [9.17, 15) is 9.59 Å². The average molecular weight is 426 g/mol. The van der Waals surface area contributed by atoms with E-state index in [1.807, 2.05) is 25.1 Å². The molecular weight excluding hydrogens is 394 g/mol. The second-order valence-electron chi connectivity index (χ2n) is 7.74. The van der Waals surface area contributed by atoms with E-state index in [2.05, 4.69) is 39.8 Å². The molecule has 1 saturated heterocycles. The Labute approximate surface area is 183 Å². The molecule has 0 radical (unpaired) electrons. The van der Waals surface area contributed by atoms with Gasteiger partial charge in [0.1, 0.15) is 11.5 Å². The molecule has 0 saturated carbocycles. The van der Waals surface area contributed by atoms with E-state index in [0.29, 0.717) is 26.1 Å². The van der Waals surface area contributed by atoms with Crippen LogP contribution in [-0.4, -0.2) is 56.6 Å². The minimum absolute atomic E-state index is 0.0923. The number of carbonyl (C=O) groups excluding carboxylic acids is 2. The molecule has 1 heterocycles. The number of methoxy groups -OCH3 is 2. The maximum absolute atomic E-state index is 12.6. The summed E-state index contributed by atoms with van der Waals surface area (Å²) in [5, 5.41) is 5.82. The zero-order chi connectivity index (χ0) is 22.2. The van der Waals surface area contributed by atoms with Gasteiger partial charge in [0.2, 0.25) is 11.8 Å². The standard InChI is InChI=1S/C24H31N3O4/c1-17-4-6-18(7-5-17)16-27-13-12-26-24(29)21(27)15-23(28)25-11-10-19-8-9-20(30-2)14-22(19)31-3/h4-9,14,21H,10-13,15-16H2,1-3H3,(H,25,28)(H,26,29). The van der Waals surface area contributed by atoms with Crippen LogP contribution < -0.4 is 20.1 Å². The molecule has 1 aliphatic heterocycles. The predicted molar refractivity (Wildman–Crippen MR) is 119 cm³/mol. The molecular formula is C24H31N3O4. The smallest absolute Gasteiger partial charge is 0.237 e. The van der Waals surface area contributed by atoms with Crippen LogP contribution in [0, 0.1) is 6.92 Å². The van der Waals surface area contributed by atoms with Gasteiger partial charge in [-0.05, 0) is 30.5 Å². The molecule has 1 unspecified atom stereocenters. The highest BCUT2D eigenvalue weighted by Crippen LogP contribution is 2.24. The van der Waals surface area contributed by atoms with Crippen LogP contribution in [0.3, 0.4) is 0 Å². The number of carbonyl (C=O) groups is 2. The van der Waals surface area contributed by atoms with Gasteiger partial charge in [-0.25, -0.2) is 0 Å². The van der Waals surface area contributed by atoms with Gasteiger partial charge in [-0.15, -0.1) is 0 Å². The number of nitrogens with one attached hydrogen (secondary N) is 2. The highest BCUT2D eigenvalue weighted by molar-refractivity contribution is 5.88. The summed E-state index contributed by atoms with van der Waals surface area (Å²) in [6, 6.07) is 13.4. The Morgan fingerprint density at radius 1 is 1.16 bits per heavy atom. The zero-order valence-electron chi connectivity index (χ0n) is 18.4. The molecule has 166 valence electrons. The quantitative estimate of drug-likeness (QED) is 0.643. The van der Waals surface area contributed by atoms with E-state index in [1.54, 1.807) is 14.2 Å². The predicted octanol–water partition coefficient (Wildman–Crippen LogP) is 2.06. The van der Waals surface area contributed by atoms with Crippen molar-refractivity contribution in [1.82, 2.24) is 15.5 Å². The topological polar surface area (TPSA) is 79.9 Å². The Balaban J connectivity index is 1.55. The van der Waals surface area contributed by atoms with Crippen LogP contribution in [0.2, 0.25) is 0 Å². The minimum atomic E-state index is -0.467. The summed E-state index contributed by atoms with van der Waals surface area (Å²) >= 11 is 0. The van der Waals surface area contributed by atoms with Crippen LogP contribution in [-0.2, 0) is 22.6 Å². The van der Waals surface area contributed by atoms with E-state index in [0.717, 1.165) is 29.2 Å². The molecule has 2 amide bonds. The van der Waals surface area contributed by atoms with E-state index in [-0.39, 0.29) is 18.2 Å². The fraction of sp³-hybridized carbons (Fsp3) is 0.417. The molecule has 7 nitrogen and oxygen atoms in total. The van der Waals surface area contributed by atoms with Gasteiger partial charge < -0.3 is 20.1 Å². The molecule has 2 aromatic carbocycles. The average Bonchev–Trinajstić information content (AvgIpc) is 2.77. The summed E-state index contributed by atoms with van der Waals surface area (Å²) in [4.78, 5) is 27.1.